The first-order chi connectivity index (χ1) is 22.7. The van der Waals surface area contributed by atoms with Gasteiger partial charge in [-0.1, -0.05) is 97.6 Å². The zero-order valence-electron chi connectivity index (χ0n) is 29.7. The Morgan fingerprint density at radius 2 is 1.44 bits per heavy atom. The summed E-state index contributed by atoms with van der Waals surface area (Å²) in [5.74, 6) is -4.00. The fraction of sp³-hybridized carbons (Fsp3) is 0.667. The Hall–Kier alpha value is -3.96. The fourth-order valence-corrected chi connectivity index (χ4v) is 5.55. The molecule has 1 fully saturated rings. The van der Waals surface area contributed by atoms with Gasteiger partial charge >= 0.3 is 5.97 Å². The second-order valence-corrected chi connectivity index (χ2v) is 13.7. The van der Waals surface area contributed by atoms with E-state index in [9.17, 15) is 28.8 Å². The lowest BCUT2D eigenvalue weighted by molar-refractivity contribution is -0.157. The van der Waals surface area contributed by atoms with Crippen LogP contribution in [0.1, 0.15) is 99.0 Å². The number of cyclic esters (lactones) is 1. The van der Waals surface area contributed by atoms with Gasteiger partial charge in [-0.2, -0.15) is 0 Å². The summed E-state index contributed by atoms with van der Waals surface area (Å²) in [7, 11) is 0. The molecule has 48 heavy (non-hydrogen) atoms. The van der Waals surface area contributed by atoms with E-state index < -0.39 is 65.8 Å². The summed E-state index contributed by atoms with van der Waals surface area (Å²) in [6, 6.07) is 5.01. The van der Waals surface area contributed by atoms with Crippen molar-refractivity contribution in [2.24, 2.45) is 17.8 Å². The van der Waals surface area contributed by atoms with Crippen LogP contribution in [-0.4, -0.2) is 72.3 Å². The lowest BCUT2D eigenvalue weighted by Crippen LogP contribution is -2.58. The molecule has 12 nitrogen and oxygen atoms in total. The molecule has 0 aliphatic carbocycles. The highest BCUT2D eigenvalue weighted by Gasteiger charge is 2.34. The van der Waals surface area contributed by atoms with Crippen molar-refractivity contribution in [3.63, 3.8) is 0 Å². The maximum atomic E-state index is 13.8. The van der Waals surface area contributed by atoms with Crippen LogP contribution in [0, 0.1) is 17.8 Å². The third-order valence-electron chi connectivity index (χ3n) is 8.49. The predicted octanol–water partition coefficient (Wildman–Crippen LogP) is 2.93. The molecule has 1 saturated heterocycles. The Morgan fingerprint density at radius 1 is 0.771 bits per heavy atom. The van der Waals surface area contributed by atoms with Crippen LogP contribution >= 0.6 is 0 Å². The molecule has 1 aromatic rings. The highest BCUT2D eigenvalue weighted by Crippen LogP contribution is 2.21. The molecule has 1 aliphatic rings. The average molecular weight is 672 g/mol. The Kier molecular flexibility index (Phi) is 17.1. The minimum absolute atomic E-state index is 0.0149. The van der Waals surface area contributed by atoms with E-state index in [1.165, 1.54) is 6.92 Å². The molecule has 5 N–H and O–H groups in total. The molecule has 1 heterocycles. The molecule has 0 bridgehead atoms. The smallest absolute Gasteiger partial charge is 0.329 e. The zero-order valence-corrected chi connectivity index (χ0v) is 29.7. The molecule has 6 atom stereocenters. The van der Waals surface area contributed by atoms with E-state index in [1.54, 1.807) is 13.8 Å². The number of hydrogen-bond donors (Lipinski definition) is 5. The maximum Gasteiger partial charge on any atom is 0.329 e. The topological polar surface area (TPSA) is 172 Å². The van der Waals surface area contributed by atoms with Crippen LogP contribution in [0.5, 0.6) is 0 Å². The van der Waals surface area contributed by atoms with Gasteiger partial charge < -0.3 is 31.3 Å². The van der Waals surface area contributed by atoms with Gasteiger partial charge in [-0.25, -0.2) is 4.79 Å². The van der Waals surface area contributed by atoms with Crippen molar-refractivity contribution >= 4 is 35.5 Å². The van der Waals surface area contributed by atoms with Crippen LogP contribution in [0.15, 0.2) is 30.3 Å². The van der Waals surface area contributed by atoms with Gasteiger partial charge in [0.25, 0.3) is 0 Å². The van der Waals surface area contributed by atoms with E-state index in [4.69, 9.17) is 4.74 Å². The van der Waals surface area contributed by atoms with Crippen molar-refractivity contribution in [3.05, 3.63) is 35.9 Å². The van der Waals surface area contributed by atoms with E-state index in [-0.39, 0.29) is 43.6 Å². The molecule has 12 heteroatoms. The van der Waals surface area contributed by atoms with E-state index in [0.29, 0.717) is 6.42 Å². The summed E-state index contributed by atoms with van der Waals surface area (Å²) in [5.41, 5.74) is 0.780. The minimum atomic E-state index is -1.11. The van der Waals surface area contributed by atoms with Crippen LogP contribution in [0.25, 0.3) is 0 Å². The Labute approximate surface area is 285 Å². The monoisotopic (exact) mass is 671 g/mol. The summed E-state index contributed by atoms with van der Waals surface area (Å²) in [6.45, 7) is 12.5. The number of benzene rings is 1. The second kappa shape index (κ2) is 20.4. The first-order valence-electron chi connectivity index (χ1n) is 17.4. The van der Waals surface area contributed by atoms with E-state index in [2.05, 4.69) is 33.5 Å². The minimum Gasteiger partial charge on any atom is -0.460 e. The summed E-state index contributed by atoms with van der Waals surface area (Å²) >= 11 is 0. The van der Waals surface area contributed by atoms with Crippen LogP contribution in [0.4, 0.5) is 0 Å². The number of carbonyl (C=O) groups is 6. The average Bonchev–Trinajstić information content (AvgIpc) is 3.03. The van der Waals surface area contributed by atoms with Crippen LogP contribution in [0.3, 0.4) is 0 Å². The van der Waals surface area contributed by atoms with Gasteiger partial charge in [0, 0.05) is 6.42 Å². The summed E-state index contributed by atoms with van der Waals surface area (Å²) < 4.78 is 5.99. The third-order valence-corrected chi connectivity index (χ3v) is 8.49. The van der Waals surface area contributed by atoms with Crippen molar-refractivity contribution < 1.29 is 33.5 Å². The summed E-state index contributed by atoms with van der Waals surface area (Å²) in [5, 5.41) is 13.4. The molecular weight excluding hydrogens is 614 g/mol. The van der Waals surface area contributed by atoms with Crippen LogP contribution in [-0.2, 0) is 39.9 Å². The lowest BCUT2D eigenvalue weighted by Gasteiger charge is -2.28. The summed E-state index contributed by atoms with van der Waals surface area (Å²) in [6.07, 6.45) is 4.15. The first-order valence-corrected chi connectivity index (χ1v) is 17.4. The molecular formula is C36H57N5O7. The summed E-state index contributed by atoms with van der Waals surface area (Å²) in [4.78, 5) is 80.0. The van der Waals surface area contributed by atoms with Gasteiger partial charge in [-0.3, -0.25) is 24.0 Å². The SMILES string of the molecule is CCCCCC[C@H](C)[C@H]1CC(=O)NCC(=O)NC(C(C)C)C(=O)N[C@@H](CC(C)C)C(=O)N[C@@H](C)C(=O)NC(Cc2ccccc2)C(=O)O1. The van der Waals surface area contributed by atoms with Gasteiger partial charge in [0.1, 0.15) is 30.3 Å². The Bertz CT molecular complexity index is 1220. The number of nitrogens with one attached hydrogen (secondary N) is 5. The highest BCUT2D eigenvalue weighted by atomic mass is 16.5. The van der Waals surface area contributed by atoms with Gasteiger partial charge in [0.2, 0.25) is 29.5 Å². The van der Waals surface area contributed by atoms with E-state index in [1.807, 2.05) is 51.1 Å². The number of ether oxygens (including phenoxy) is 1. The van der Waals surface area contributed by atoms with Crippen molar-refractivity contribution in [1.82, 2.24) is 26.6 Å². The molecule has 0 saturated carbocycles. The lowest BCUT2D eigenvalue weighted by atomic mass is 9.94. The van der Waals surface area contributed by atoms with E-state index in [0.717, 1.165) is 31.2 Å². The molecule has 1 aliphatic heterocycles. The van der Waals surface area contributed by atoms with Crippen molar-refractivity contribution in [2.75, 3.05) is 6.54 Å². The molecule has 0 aromatic heterocycles. The van der Waals surface area contributed by atoms with Gasteiger partial charge in [-0.15, -0.1) is 0 Å². The zero-order chi connectivity index (χ0) is 35.8. The standard InChI is InChI=1S/C36H57N5O7/c1-8-9-10-12-15-24(6)29-20-30(42)37-21-31(43)41-32(23(4)5)35(46)39-27(18-22(2)3)34(45)38-25(7)33(44)40-28(36(47)48-29)19-26-16-13-11-14-17-26/h11,13-14,16-17,22-25,27-29,32H,8-10,12,15,18-21H2,1-7H3,(H,37,42)(H,38,45)(H,39,46)(H,40,44)(H,41,43)/t24-,25-,27-,28?,29+,32?/m0/s1. The predicted molar refractivity (Wildman–Crippen MR) is 183 cm³/mol. The first kappa shape index (κ1) is 40.2. The Balaban J connectivity index is 2.46. The molecule has 2 unspecified atom stereocenters. The van der Waals surface area contributed by atoms with Gasteiger partial charge in [0.15, 0.2) is 0 Å². The molecule has 1 aromatic carbocycles. The van der Waals surface area contributed by atoms with Crippen LogP contribution in [0.2, 0.25) is 0 Å². The normalized spacial score (nSPS) is 24.6. The molecule has 0 radical (unpaired) electrons. The Morgan fingerprint density at radius 3 is 2.06 bits per heavy atom. The number of esters is 1. The quantitative estimate of drug-likeness (QED) is 0.178. The van der Waals surface area contributed by atoms with Gasteiger partial charge in [-0.05, 0) is 43.1 Å². The second-order valence-electron chi connectivity index (χ2n) is 13.7. The largest absolute Gasteiger partial charge is 0.460 e. The fourth-order valence-electron chi connectivity index (χ4n) is 5.55. The maximum absolute atomic E-state index is 13.8. The van der Waals surface area contributed by atoms with Gasteiger partial charge in [0.05, 0.1) is 13.0 Å². The molecule has 5 amide bonds. The number of amides is 5. The van der Waals surface area contributed by atoms with E-state index >= 15 is 0 Å². The van der Waals surface area contributed by atoms with Crippen LogP contribution < -0.4 is 26.6 Å². The van der Waals surface area contributed by atoms with Crippen molar-refractivity contribution in [1.29, 1.82) is 0 Å². The molecule has 2 rings (SSSR count). The molecule has 0 spiro atoms. The van der Waals surface area contributed by atoms with Crippen molar-refractivity contribution in [2.45, 2.75) is 130 Å². The number of hydrogen-bond acceptors (Lipinski definition) is 7. The number of rotatable bonds is 11. The molecule has 268 valence electrons. The number of unbranched alkanes of at least 4 members (excludes halogenated alkanes) is 3. The highest BCUT2D eigenvalue weighted by molar-refractivity contribution is 5.95. The number of carbonyl (C=O) groups excluding carboxylic acids is 6. The van der Waals surface area contributed by atoms with Crippen molar-refractivity contribution in [3.8, 4) is 0 Å². The third kappa shape index (κ3) is 14.0.